The molecule has 0 fully saturated rings. The van der Waals surface area contributed by atoms with E-state index in [2.05, 4.69) is 0 Å². The number of rotatable bonds is 3. The van der Waals surface area contributed by atoms with Crippen LogP contribution >= 0.6 is 0 Å². The third-order valence-corrected chi connectivity index (χ3v) is 1.94. The standard InChI is InChI=1S/C13H16O2/c1-10(2)15-13(14)9-8-12-7-5-4-6-11(12)3/h4-10H,1-3H3. The topological polar surface area (TPSA) is 26.3 Å². The average molecular weight is 204 g/mol. The number of hydrogen-bond donors (Lipinski definition) is 0. The second-order valence-corrected chi connectivity index (χ2v) is 3.68. The molecule has 0 aromatic heterocycles. The molecule has 1 aromatic rings. The van der Waals surface area contributed by atoms with Crippen molar-refractivity contribution in [2.75, 3.05) is 0 Å². The molecule has 0 spiro atoms. The highest BCUT2D eigenvalue weighted by atomic mass is 16.5. The van der Waals surface area contributed by atoms with Gasteiger partial charge in [0.15, 0.2) is 0 Å². The molecule has 0 atom stereocenters. The van der Waals surface area contributed by atoms with Gasteiger partial charge in [0, 0.05) is 6.08 Å². The SMILES string of the molecule is Cc1ccccc1C=CC(=O)OC(C)C. The summed E-state index contributed by atoms with van der Waals surface area (Å²) in [6.07, 6.45) is 3.17. The Hall–Kier alpha value is -1.57. The zero-order chi connectivity index (χ0) is 11.3. The Morgan fingerprint density at radius 2 is 2.00 bits per heavy atom. The lowest BCUT2D eigenvalue weighted by Crippen LogP contribution is -2.08. The van der Waals surface area contributed by atoms with Gasteiger partial charge in [0.25, 0.3) is 0 Å². The van der Waals surface area contributed by atoms with Gasteiger partial charge < -0.3 is 4.74 Å². The first-order valence-electron chi connectivity index (χ1n) is 5.04. The van der Waals surface area contributed by atoms with Gasteiger partial charge in [-0.3, -0.25) is 0 Å². The van der Waals surface area contributed by atoms with Crippen LogP contribution in [0, 0.1) is 6.92 Å². The molecule has 0 saturated heterocycles. The Morgan fingerprint density at radius 1 is 1.33 bits per heavy atom. The molecule has 0 heterocycles. The van der Waals surface area contributed by atoms with Crippen LogP contribution in [-0.2, 0) is 9.53 Å². The Balaban J connectivity index is 2.66. The maximum atomic E-state index is 11.2. The molecular formula is C13H16O2. The van der Waals surface area contributed by atoms with Crippen LogP contribution in [0.4, 0.5) is 0 Å². The van der Waals surface area contributed by atoms with E-state index in [-0.39, 0.29) is 12.1 Å². The van der Waals surface area contributed by atoms with Gasteiger partial charge in [0.2, 0.25) is 0 Å². The molecule has 0 aliphatic heterocycles. The summed E-state index contributed by atoms with van der Waals surface area (Å²) in [6, 6.07) is 7.89. The molecule has 1 aromatic carbocycles. The van der Waals surface area contributed by atoms with Gasteiger partial charge in [-0.25, -0.2) is 4.79 Å². The molecule has 0 saturated carbocycles. The van der Waals surface area contributed by atoms with E-state index in [1.165, 1.54) is 6.08 Å². The minimum Gasteiger partial charge on any atom is -0.460 e. The highest BCUT2D eigenvalue weighted by molar-refractivity contribution is 5.87. The van der Waals surface area contributed by atoms with Crippen LogP contribution < -0.4 is 0 Å². The number of carbonyl (C=O) groups is 1. The Kier molecular flexibility index (Phi) is 4.10. The summed E-state index contributed by atoms with van der Waals surface area (Å²) in [5.74, 6) is -0.298. The summed E-state index contributed by atoms with van der Waals surface area (Å²) >= 11 is 0. The van der Waals surface area contributed by atoms with Crippen LogP contribution in [0.1, 0.15) is 25.0 Å². The Morgan fingerprint density at radius 3 is 2.60 bits per heavy atom. The summed E-state index contributed by atoms with van der Waals surface area (Å²) in [5, 5.41) is 0. The normalized spacial score (nSPS) is 10.9. The lowest BCUT2D eigenvalue weighted by atomic mass is 10.1. The van der Waals surface area contributed by atoms with Crippen molar-refractivity contribution in [2.24, 2.45) is 0 Å². The van der Waals surface area contributed by atoms with Crippen molar-refractivity contribution in [3.8, 4) is 0 Å². The lowest BCUT2D eigenvalue weighted by Gasteiger charge is -2.04. The molecular weight excluding hydrogens is 188 g/mol. The molecule has 2 nitrogen and oxygen atoms in total. The number of ether oxygens (including phenoxy) is 1. The quantitative estimate of drug-likeness (QED) is 0.559. The van der Waals surface area contributed by atoms with Crippen molar-refractivity contribution in [3.63, 3.8) is 0 Å². The van der Waals surface area contributed by atoms with Crippen LogP contribution in [0.5, 0.6) is 0 Å². The van der Waals surface area contributed by atoms with Gasteiger partial charge in [-0.2, -0.15) is 0 Å². The number of benzene rings is 1. The van der Waals surface area contributed by atoms with Crippen LogP contribution in [-0.4, -0.2) is 12.1 Å². The highest BCUT2D eigenvalue weighted by Crippen LogP contribution is 2.08. The smallest absolute Gasteiger partial charge is 0.331 e. The second-order valence-electron chi connectivity index (χ2n) is 3.68. The van der Waals surface area contributed by atoms with Crippen molar-refractivity contribution in [1.82, 2.24) is 0 Å². The Labute approximate surface area is 90.6 Å². The van der Waals surface area contributed by atoms with Crippen molar-refractivity contribution in [2.45, 2.75) is 26.9 Å². The van der Waals surface area contributed by atoms with E-state index in [0.717, 1.165) is 11.1 Å². The fourth-order valence-corrected chi connectivity index (χ4v) is 1.20. The van der Waals surface area contributed by atoms with Crippen LogP contribution in [0.25, 0.3) is 6.08 Å². The van der Waals surface area contributed by atoms with Crippen molar-refractivity contribution in [3.05, 3.63) is 41.5 Å². The summed E-state index contributed by atoms with van der Waals surface area (Å²) in [5.41, 5.74) is 2.18. The maximum absolute atomic E-state index is 11.2. The predicted molar refractivity (Wildman–Crippen MR) is 61.4 cm³/mol. The molecule has 0 radical (unpaired) electrons. The van der Waals surface area contributed by atoms with Gasteiger partial charge >= 0.3 is 5.97 Å². The fraction of sp³-hybridized carbons (Fsp3) is 0.308. The molecule has 15 heavy (non-hydrogen) atoms. The van der Waals surface area contributed by atoms with Gasteiger partial charge in [-0.15, -0.1) is 0 Å². The largest absolute Gasteiger partial charge is 0.460 e. The highest BCUT2D eigenvalue weighted by Gasteiger charge is 2.00. The minimum atomic E-state index is -0.298. The molecule has 0 N–H and O–H groups in total. The summed E-state index contributed by atoms with van der Waals surface area (Å²) < 4.78 is 4.99. The van der Waals surface area contributed by atoms with E-state index in [4.69, 9.17) is 4.74 Å². The van der Waals surface area contributed by atoms with Gasteiger partial charge in [-0.05, 0) is 38.0 Å². The van der Waals surface area contributed by atoms with E-state index in [1.807, 2.05) is 45.0 Å². The Bertz CT molecular complexity index is 365. The summed E-state index contributed by atoms with van der Waals surface area (Å²) in [7, 11) is 0. The van der Waals surface area contributed by atoms with Crippen LogP contribution in [0.15, 0.2) is 30.3 Å². The molecule has 0 aliphatic rings. The second kappa shape index (κ2) is 5.35. The number of esters is 1. The van der Waals surface area contributed by atoms with E-state index in [1.54, 1.807) is 6.08 Å². The first-order valence-corrected chi connectivity index (χ1v) is 5.04. The lowest BCUT2D eigenvalue weighted by molar-refractivity contribution is -0.141. The summed E-state index contributed by atoms with van der Waals surface area (Å²) in [6.45, 7) is 5.67. The summed E-state index contributed by atoms with van der Waals surface area (Å²) in [4.78, 5) is 11.2. The molecule has 0 bridgehead atoms. The first kappa shape index (κ1) is 11.5. The van der Waals surface area contributed by atoms with Crippen LogP contribution in [0.3, 0.4) is 0 Å². The third-order valence-electron chi connectivity index (χ3n) is 1.94. The van der Waals surface area contributed by atoms with Gasteiger partial charge in [-0.1, -0.05) is 24.3 Å². The van der Waals surface area contributed by atoms with Crippen molar-refractivity contribution >= 4 is 12.0 Å². The molecule has 0 unspecified atom stereocenters. The van der Waals surface area contributed by atoms with Crippen LogP contribution in [0.2, 0.25) is 0 Å². The average Bonchev–Trinajstić information content (AvgIpc) is 2.15. The van der Waals surface area contributed by atoms with E-state index in [9.17, 15) is 4.79 Å². The number of aryl methyl sites for hydroxylation is 1. The van der Waals surface area contributed by atoms with Gasteiger partial charge in [0.05, 0.1) is 6.10 Å². The third kappa shape index (κ3) is 3.98. The van der Waals surface area contributed by atoms with E-state index < -0.39 is 0 Å². The molecule has 1 rings (SSSR count). The zero-order valence-corrected chi connectivity index (χ0v) is 9.36. The first-order chi connectivity index (χ1) is 7.09. The zero-order valence-electron chi connectivity index (χ0n) is 9.36. The minimum absolute atomic E-state index is 0.0704. The maximum Gasteiger partial charge on any atom is 0.331 e. The molecule has 2 heteroatoms. The fourth-order valence-electron chi connectivity index (χ4n) is 1.20. The molecule has 80 valence electrons. The number of hydrogen-bond acceptors (Lipinski definition) is 2. The molecule has 0 aliphatic carbocycles. The number of carbonyl (C=O) groups excluding carboxylic acids is 1. The van der Waals surface area contributed by atoms with Crippen molar-refractivity contribution in [1.29, 1.82) is 0 Å². The predicted octanol–water partition coefficient (Wildman–Crippen LogP) is 2.96. The van der Waals surface area contributed by atoms with Gasteiger partial charge in [0.1, 0.15) is 0 Å². The van der Waals surface area contributed by atoms with Crippen molar-refractivity contribution < 1.29 is 9.53 Å². The monoisotopic (exact) mass is 204 g/mol. The van der Waals surface area contributed by atoms with E-state index in [0.29, 0.717) is 0 Å². The molecule has 0 amide bonds. The van der Waals surface area contributed by atoms with E-state index >= 15 is 0 Å².